The molecule has 3 unspecified atom stereocenters. The summed E-state index contributed by atoms with van der Waals surface area (Å²) in [6.45, 7) is 11.5. The summed E-state index contributed by atoms with van der Waals surface area (Å²) in [5.41, 5.74) is 5.24. The number of phenols is 2. The molecule has 0 saturated carbocycles. The SMILES string of the molecule is C=C(C)C1CCC(C)=CC1c1c(O)cc(CCCCC)c(C2CN2)c1O. The summed E-state index contributed by atoms with van der Waals surface area (Å²) >= 11 is 0. The van der Waals surface area contributed by atoms with Crippen LogP contribution in [0.2, 0.25) is 0 Å². The minimum atomic E-state index is 0.00319. The number of aryl methyl sites for hydroxylation is 1. The van der Waals surface area contributed by atoms with Crippen molar-refractivity contribution >= 4 is 0 Å². The smallest absolute Gasteiger partial charge is 0.128 e. The largest absolute Gasteiger partial charge is 0.507 e. The highest BCUT2D eigenvalue weighted by Gasteiger charge is 2.35. The molecule has 1 aliphatic heterocycles. The summed E-state index contributed by atoms with van der Waals surface area (Å²) in [5.74, 6) is 0.805. The Kier molecular flexibility index (Phi) is 5.76. The third-order valence-corrected chi connectivity index (χ3v) is 5.96. The number of phenolic OH excluding ortho intramolecular Hbond substituents is 2. The lowest BCUT2D eigenvalue weighted by atomic mass is 9.73. The van der Waals surface area contributed by atoms with Crippen LogP contribution in [-0.2, 0) is 6.42 Å². The van der Waals surface area contributed by atoms with Crippen molar-refractivity contribution in [2.75, 3.05) is 6.54 Å². The molecule has 1 fully saturated rings. The van der Waals surface area contributed by atoms with E-state index in [9.17, 15) is 10.2 Å². The van der Waals surface area contributed by atoms with E-state index in [1.807, 2.05) is 6.07 Å². The van der Waals surface area contributed by atoms with Crippen molar-refractivity contribution in [1.29, 1.82) is 0 Å². The monoisotopic (exact) mass is 355 g/mol. The number of benzene rings is 1. The van der Waals surface area contributed by atoms with Gasteiger partial charge in [-0.1, -0.05) is 43.6 Å². The average molecular weight is 356 g/mol. The Morgan fingerprint density at radius 2 is 2.00 bits per heavy atom. The predicted molar refractivity (Wildman–Crippen MR) is 108 cm³/mol. The van der Waals surface area contributed by atoms with Gasteiger partial charge in [0.1, 0.15) is 11.5 Å². The van der Waals surface area contributed by atoms with E-state index < -0.39 is 0 Å². The van der Waals surface area contributed by atoms with Crippen LogP contribution in [0.5, 0.6) is 11.5 Å². The minimum Gasteiger partial charge on any atom is -0.507 e. The van der Waals surface area contributed by atoms with E-state index in [-0.39, 0.29) is 23.6 Å². The standard InChI is InChI=1S/C23H33NO2/c1-5-6-7-8-16-12-20(25)22(23(26)21(16)19-13-24-19)18-11-15(4)9-10-17(18)14(2)3/h11-12,17-19,24-26H,2,5-10,13H2,1,3-4H3. The van der Waals surface area contributed by atoms with E-state index in [1.165, 1.54) is 18.4 Å². The van der Waals surface area contributed by atoms with Gasteiger partial charge in [0.25, 0.3) is 0 Å². The summed E-state index contributed by atoms with van der Waals surface area (Å²) in [6, 6.07) is 2.13. The van der Waals surface area contributed by atoms with Crippen LogP contribution < -0.4 is 5.32 Å². The van der Waals surface area contributed by atoms with Gasteiger partial charge < -0.3 is 15.5 Å². The van der Waals surface area contributed by atoms with E-state index in [4.69, 9.17) is 0 Å². The molecular formula is C23H33NO2. The molecule has 1 aromatic carbocycles. The number of allylic oxidation sites excluding steroid dienone is 3. The average Bonchev–Trinajstić information content (AvgIpc) is 3.39. The van der Waals surface area contributed by atoms with Crippen LogP contribution in [0.3, 0.4) is 0 Å². The van der Waals surface area contributed by atoms with Gasteiger partial charge in [-0.25, -0.2) is 0 Å². The predicted octanol–water partition coefficient (Wildman–Crippen LogP) is 5.49. The lowest BCUT2D eigenvalue weighted by Crippen LogP contribution is -2.18. The van der Waals surface area contributed by atoms with Crippen molar-refractivity contribution < 1.29 is 10.2 Å². The van der Waals surface area contributed by atoms with Crippen molar-refractivity contribution in [3.63, 3.8) is 0 Å². The molecule has 1 heterocycles. The fourth-order valence-electron chi connectivity index (χ4n) is 4.40. The van der Waals surface area contributed by atoms with Crippen molar-refractivity contribution in [2.45, 2.75) is 71.3 Å². The van der Waals surface area contributed by atoms with Gasteiger partial charge in [-0.05, 0) is 57.1 Å². The van der Waals surface area contributed by atoms with Gasteiger partial charge >= 0.3 is 0 Å². The normalized spacial score (nSPS) is 25.0. The van der Waals surface area contributed by atoms with Crippen LogP contribution in [0.4, 0.5) is 0 Å². The highest BCUT2D eigenvalue weighted by Crippen LogP contribution is 2.50. The molecule has 142 valence electrons. The molecule has 3 N–H and O–H groups in total. The lowest BCUT2D eigenvalue weighted by Gasteiger charge is -2.32. The molecule has 0 aromatic heterocycles. The third-order valence-electron chi connectivity index (χ3n) is 5.96. The van der Waals surface area contributed by atoms with Gasteiger partial charge in [-0.3, -0.25) is 0 Å². The number of nitrogens with one attached hydrogen (secondary N) is 1. The second-order valence-electron chi connectivity index (χ2n) is 8.18. The molecule has 3 heteroatoms. The first kappa shape index (κ1) is 19.0. The molecule has 0 amide bonds. The molecule has 0 radical (unpaired) electrons. The molecule has 3 atom stereocenters. The van der Waals surface area contributed by atoms with E-state index in [1.54, 1.807) is 0 Å². The number of aromatic hydroxyl groups is 2. The second kappa shape index (κ2) is 7.87. The highest BCUT2D eigenvalue weighted by atomic mass is 16.3. The van der Waals surface area contributed by atoms with E-state index in [0.29, 0.717) is 11.3 Å². The van der Waals surface area contributed by atoms with Crippen LogP contribution in [0.15, 0.2) is 29.9 Å². The van der Waals surface area contributed by atoms with Crippen LogP contribution in [0.25, 0.3) is 0 Å². The zero-order valence-electron chi connectivity index (χ0n) is 16.4. The molecule has 1 aliphatic carbocycles. The summed E-state index contributed by atoms with van der Waals surface area (Å²) in [5, 5.41) is 25.4. The number of unbranched alkanes of at least 4 members (excludes halogenated alkanes) is 2. The molecule has 3 nitrogen and oxygen atoms in total. The molecule has 3 rings (SSSR count). The quantitative estimate of drug-likeness (QED) is 0.344. The van der Waals surface area contributed by atoms with Crippen molar-refractivity contribution in [3.8, 4) is 11.5 Å². The Morgan fingerprint density at radius 1 is 1.27 bits per heavy atom. The van der Waals surface area contributed by atoms with Crippen LogP contribution >= 0.6 is 0 Å². The van der Waals surface area contributed by atoms with Gasteiger partial charge in [0, 0.05) is 29.6 Å². The summed E-state index contributed by atoms with van der Waals surface area (Å²) in [4.78, 5) is 0. The molecule has 0 spiro atoms. The number of hydrogen-bond acceptors (Lipinski definition) is 3. The van der Waals surface area contributed by atoms with E-state index in [2.05, 4.69) is 38.7 Å². The van der Waals surface area contributed by atoms with Crippen molar-refractivity contribution in [3.05, 3.63) is 46.6 Å². The molecule has 1 aromatic rings. The minimum absolute atomic E-state index is 0.00319. The Balaban J connectivity index is 2.05. The van der Waals surface area contributed by atoms with Gasteiger partial charge in [-0.2, -0.15) is 0 Å². The first-order chi connectivity index (χ1) is 12.4. The first-order valence-electron chi connectivity index (χ1n) is 10.1. The number of hydrogen-bond donors (Lipinski definition) is 3. The fourth-order valence-corrected chi connectivity index (χ4v) is 4.40. The summed E-state index contributed by atoms with van der Waals surface area (Å²) in [6.07, 6.45) is 8.64. The molecular weight excluding hydrogens is 322 g/mol. The zero-order chi connectivity index (χ0) is 18.8. The van der Waals surface area contributed by atoms with Gasteiger partial charge in [0.15, 0.2) is 0 Å². The van der Waals surface area contributed by atoms with Crippen LogP contribution in [0, 0.1) is 5.92 Å². The van der Waals surface area contributed by atoms with E-state index >= 15 is 0 Å². The zero-order valence-corrected chi connectivity index (χ0v) is 16.4. The maximum Gasteiger partial charge on any atom is 0.128 e. The maximum absolute atomic E-state index is 11.2. The van der Waals surface area contributed by atoms with Gasteiger partial charge in [0.05, 0.1) is 0 Å². The van der Waals surface area contributed by atoms with Gasteiger partial charge in [0.2, 0.25) is 0 Å². The number of rotatable bonds is 7. The Labute approximate surface area is 157 Å². The summed E-state index contributed by atoms with van der Waals surface area (Å²) < 4.78 is 0. The third kappa shape index (κ3) is 3.83. The lowest BCUT2D eigenvalue weighted by molar-refractivity contribution is 0.402. The van der Waals surface area contributed by atoms with Crippen LogP contribution in [0.1, 0.15) is 81.5 Å². The molecule has 0 bridgehead atoms. The van der Waals surface area contributed by atoms with Crippen LogP contribution in [-0.4, -0.2) is 16.8 Å². The second-order valence-corrected chi connectivity index (χ2v) is 8.18. The van der Waals surface area contributed by atoms with Crippen molar-refractivity contribution in [2.24, 2.45) is 5.92 Å². The van der Waals surface area contributed by atoms with Crippen molar-refractivity contribution in [1.82, 2.24) is 5.32 Å². The molecule has 2 aliphatic rings. The Hall–Kier alpha value is -1.74. The Morgan fingerprint density at radius 3 is 2.62 bits per heavy atom. The highest BCUT2D eigenvalue weighted by molar-refractivity contribution is 5.58. The van der Waals surface area contributed by atoms with E-state index in [0.717, 1.165) is 48.9 Å². The molecule has 1 saturated heterocycles. The maximum atomic E-state index is 11.2. The fraction of sp³-hybridized carbons (Fsp3) is 0.565. The topological polar surface area (TPSA) is 62.4 Å². The Bertz CT molecular complexity index is 715. The molecule has 26 heavy (non-hydrogen) atoms. The summed E-state index contributed by atoms with van der Waals surface area (Å²) in [7, 11) is 0. The first-order valence-corrected chi connectivity index (χ1v) is 10.1. The van der Waals surface area contributed by atoms with Gasteiger partial charge in [-0.15, -0.1) is 0 Å².